The summed E-state index contributed by atoms with van der Waals surface area (Å²) >= 11 is 5.72. The third-order valence-corrected chi connectivity index (χ3v) is 3.75. The molecule has 124 valence electrons. The van der Waals surface area contributed by atoms with E-state index < -0.39 is 11.7 Å². The van der Waals surface area contributed by atoms with E-state index >= 15 is 0 Å². The minimum absolute atomic E-state index is 0.0665. The second-order valence-electron chi connectivity index (χ2n) is 4.93. The Kier molecular flexibility index (Phi) is 5.55. The molecule has 23 heavy (non-hydrogen) atoms. The summed E-state index contributed by atoms with van der Waals surface area (Å²) in [6.45, 7) is 0.527. The summed E-state index contributed by atoms with van der Waals surface area (Å²) < 4.78 is 45.3. The van der Waals surface area contributed by atoms with Gasteiger partial charge in [-0.05, 0) is 43.1 Å². The number of benzene rings is 2. The smallest absolute Gasteiger partial charge is 0.417 e. The molecule has 0 saturated carbocycles. The van der Waals surface area contributed by atoms with Gasteiger partial charge in [0.2, 0.25) is 0 Å². The van der Waals surface area contributed by atoms with Crippen molar-refractivity contribution in [1.82, 2.24) is 0 Å². The number of hydrogen-bond acceptors (Lipinski definition) is 2. The molecule has 2 nitrogen and oxygen atoms in total. The largest absolute Gasteiger partial charge is 0.493 e. The standard InChI is InChI=1S/C16H12ClF3O.CH5N/c17-11-6-7-12(14(9-11)16(18,19)20)13-5-1-3-10-4-2-8-21-15(10)13;1-2/h1,3,5-7,9H,2,4,8H2;2H2,1H3. The molecule has 2 aromatic carbocycles. The summed E-state index contributed by atoms with van der Waals surface area (Å²) in [5, 5.41) is 0.0665. The minimum atomic E-state index is -4.46. The molecule has 0 aromatic heterocycles. The zero-order valence-corrected chi connectivity index (χ0v) is 13.3. The lowest BCUT2D eigenvalue weighted by molar-refractivity contribution is -0.137. The Labute approximate surface area is 138 Å². The number of ether oxygens (including phenoxy) is 1. The first kappa shape index (κ1) is 17.6. The molecular weight excluding hydrogens is 327 g/mol. The van der Waals surface area contributed by atoms with Gasteiger partial charge in [0.05, 0.1) is 12.2 Å². The molecule has 0 aliphatic carbocycles. The van der Waals surface area contributed by atoms with Crippen LogP contribution in [0.2, 0.25) is 5.02 Å². The van der Waals surface area contributed by atoms with Crippen molar-refractivity contribution >= 4 is 11.6 Å². The predicted molar refractivity (Wildman–Crippen MR) is 85.8 cm³/mol. The average Bonchev–Trinajstić information content (AvgIpc) is 2.55. The molecule has 2 aromatic rings. The lowest BCUT2D eigenvalue weighted by Gasteiger charge is -2.22. The molecule has 1 aliphatic rings. The fourth-order valence-corrected chi connectivity index (χ4v) is 2.76. The van der Waals surface area contributed by atoms with Crippen molar-refractivity contribution in [3.8, 4) is 16.9 Å². The lowest BCUT2D eigenvalue weighted by Crippen LogP contribution is -2.11. The molecule has 0 atom stereocenters. The summed E-state index contributed by atoms with van der Waals surface area (Å²) in [6.07, 6.45) is -2.76. The average molecular weight is 344 g/mol. The molecule has 0 saturated heterocycles. The van der Waals surface area contributed by atoms with Crippen molar-refractivity contribution < 1.29 is 17.9 Å². The summed E-state index contributed by atoms with van der Waals surface area (Å²) in [7, 11) is 1.50. The van der Waals surface area contributed by atoms with Gasteiger partial charge in [0, 0.05) is 10.6 Å². The van der Waals surface area contributed by atoms with E-state index in [9.17, 15) is 13.2 Å². The van der Waals surface area contributed by atoms with Crippen LogP contribution in [0.15, 0.2) is 36.4 Å². The van der Waals surface area contributed by atoms with Crippen molar-refractivity contribution in [3.63, 3.8) is 0 Å². The van der Waals surface area contributed by atoms with Crippen LogP contribution < -0.4 is 10.5 Å². The first-order valence-corrected chi connectivity index (χ1v) is 7.54. The highest BCUT2D eigenvalue weighted by Crippen LogP contribution is 2.43. The lowest BCUT2D eigenvalue weighted by atomic mass is 9.94. The Morgan fingerprint density at radius 2 is 1.83 bits per heavy atom. The van der Waals surface area contributed by atoms with Gasteiger partial charge in [0.25, 0.3) is 0 Å². The molecule has 0 bridgehead atoms. The highest BCUT2D eigenvalue weighted by Gasteiger charge is 2.35. The van der Waals surface area contributed by atoms with Crippen LogP contribution in [-0.2, 0) is 12.6 Å². The van der Waals surface area contributed by atoms with Crippen LogP contribution in [-0.4, -0.2) is 13.7 Å². The molecule has 1 heterocycles. The van der Waals surface area contributed by atoms with E-state index in [1.165, 1.54) is 19.2 Å². The van der Waals surface area contributed by atoms with Gasteiger partial charge < -0.3 is 10.5 Å². The first-order valence-electron chi connectivity index (χ1n) is 7.16. The van der Waals surface area contributed by atoms with E-state index in [0.717, 1.165) is 24.5 Å². The Morgan fingerprint density at radius 1 is 1.09 bits per heavy atom. The van der Waals surface area contributed by atoms with Crippen LogP contribution in [0, 0.1) is 0 Å². The number of rotatable bonds is 1. The van der Waals surface area contributed by atoms with Gasteiger partial charge in [-0.1, -0.05) is 35.9 Å². The number of aryl methyl sites for hydroxylation is 1. The van der Waals surface area contributed by atoms with Crippen LogP contribution in [0.5, 0.6) is 5.75 Å². The van der Waals surface area contributed by atoms with Gasteiger partial charge >= 0.3 is 6.18 Å². The van der Waals surface area contributed by atoms with Crippen LogP contribution in [0.25, 0.3) is 11.1 Å². The second kappa shape index (κ2) is 7.23. The topological polar surface area (TPSA) is 35.2 Å². The minimum Gasteiger partial charge on any atom is -0.493 e. The normalized spacial score (nSPS) is 13.5. The quantitative estimate of drug-likeness (QED) is 0.797. The maximum atomic E-state index is 13.2. The van der Waals surface area contributed by atoms with Gasteiger partial charge in [0.15, 0.2) is 0 Å². The maximum absolute atomic E-state index is 13.2. The Bertz CT molecular complexity index is 686. The highest BCUT2D eigenvalue weighted by molar-refractivity contribution is 6.30. The molecule has 0 unspecified atom stereocenters. The number of nitrogens with two attached hydrogens (primary N) is 1. The Morgan fingerprint density at radius 3 is 2.52 bits per heavy atom. The fraction of sp³-hybridized carbons (Fsp3) is 0.294. The molecule has 1 aliphatic heterocycles. The van der Waals surface area contributed by atoms with Gasteiger partial charge in [-0.25, -0.2) is 0 Å². The number of halogens is 4. The molecule has 0 radical (unpaired) electrons. The number of hydrogen-bond donors (Lipinski definition) is 1. The molecular formula is C17H17ClF3NO. The van der Waals surface area contributed by atoms with Crippen LogP contribution in [0.4, 0.5) is 13.2 Å². The predicted octanol–water partition coefficient (Wildman–Crippen LogP) is 4.93. The van der Waals surface area contributed by atoms with Gasteiger partial charge in [-0.2, -0.15) is 13.2 Å². The molecule has 3 rings (SSSR count). The highest BCUT2D eigenvalue weighted by atomic mass is 35.5. The van der Waals surface area contributed by atoms with Gasteiger partial charge in [-0.15, -0.1) is 0 Å². The third-order valence-electron chi connectivity index (χ3n) is 3.51. The van der Waals surface area contributed by atoms with Crippen molar-refractivity contribution in [2.45, 2.75) is 19.0 Å². The molecule has 6 heteroatoms. The van der Waals surface area contributed by atoms with Crippen molar-refractivity contribution in [1.29, 1.82) is 0 Å². The molecule has 0 spiro atoms. The van der Waals surface area contributed by atoms with E-state index in [0.29, 0.717) is 17.9 Å². The summed E-state index contributed by atoms with van der Waals surface area (Å²) in [6, 6.07) is 9.13. The zero-order chi connectivity index (χ0) is 17.0. The van der Waals surface area contributed by atoms with Gasteiger partial charge in [0.1, 0.15) is 5.75 Å². The summed E-state index contributed by atoms with van der Waals surface area (Å²) in [4.78, 5) is 0. The molecule has 0 fully saturated rings. The number of fused-ring (bicyclic) bond motifs is 1. The second-order valence-corrected chi connectivity index (χ2v) is 5.37. The molecule has 2 N–H and O–H groups in total. The third kappa shape index (κ3) is 3.79. The Hall–Kier alpha value is -1.72. The van der Waals surface area contributed by atoms with E-state index in [-0.39, 0.29) is 10.6 Å². The van der Waals surface area contributed by atoms with Gasteiger partial charge in [-0.3, -0.25) is 0 Å². The van der Waals surface area contributed by atoms with Crippen LogP contribution >= 0.6 is 11.6 Å². The van der Waals surface area contributed by atoms with Crippen molar-refractivity contribution in [2.24, 2.45) is 5.73 Å². The monoisotopic (exact) mass is 343 g/mol. The summed E-state index contributed by atoms with van der Waals surface area (Å²) in [5.41, 5.74) is 5.28. The number of alkyl halides is 3. The van der Waals surface area contributed by atoms with Crippen LogP contribution in [0.1, 0.15) is 17.5 Å². The van der Waals surface area contributed by atoms with E-state index in [4.69, 9.17) is 16.3 Å². The first-order chi connectivity index (χ1) is 11.0. The Balaban J connectivity index is 0.000000924. The number of para-hydroxylation sites is 1. The zero-order valence-electron chi connectivity index (χ0n) is 12.6. The SMILES string of the molecule is CN.FC(F)(F)c1cc(Cl)ccc1-c1cccc2c1OCCC2. The molecule has 0 amide bonds. The van der Waals surface area contributed by atoms with Crippen molar-refractivity contribution in [3.05, 3.63) is 52.5 Å². The summed E-state index contributed by atoms with van der Waals surface area (Å²) in [5.74, 6) is 0.552. The fourth-order valence-electron chi connectivity index (χ4n) is 2.59. The maximum Gasteiger partial charge on any atom is 0.417 e. The van der Waals surface area contributed by atoms with E-state index in [1.807, 2.05) is 6.07 Å². The van der Waals surface area contributed by atoms with Crippen LogP contribution in [0.3, 0.4) is 0 Å². The van der Waals surface area contributed by atoms with E-state index in [2.05, 4.69) is 5.73 Å². The van der Waals surface area contributed by atoms with E-state index in [1.54, 1.807) is 12.1 Å². The van der Waals surface area contributed by atoms with Crippen molar-refractivity contribution in [2.75, 3.05) is 13.7 Å².